The van der Waals surface area contributed by atoms with Crippen molar-refractivity contribution >= 4 is 40.1 Å². The monoisotopic (exact) mass is 417 g/mol. The maximum Gasteiger partial charge on any atom is 0.223 e. The van der Waals surface area contributed by atoms with Gasteiger partial charge >= 0.3 is 0 Å². The number of fused-ring (bicyclic) bond motifs is 1. The van der Waals surface area contributed by atoms with E-state index in [4.69, 9.17) is 16.3 Å². The van der Waals surface area contributed by atoms with E-state index in [1.807, 2.05) is 0 Å². The molecular weight excluding hydrogens is 397 g/mol. The van der Waals surface area contributed by atoms with Gasteiger partial charge in [-0.2, -0.15) is 0 Å². The number of halogens is 2. The Morgan fingerprint density at radius 2 is 2.07 bits per heavy atom. The summed E-state index contributed by atoms with van der Waals surface area (Å²) in [6, 6.07) is 4.53. The standard InChI is InChI=1S/C19H21ClFN7O/c1-12(10-28-4-6-29-7-5-28)25-19-22-9-16-17(27-19)18(24-11-23-16)26-13-2-3-15(21)14(20)8-13/h2-3,8-9,11-12H,4-7,10H2,1H3,(H,22,25,27)(H,23,24,26). The molecule has 0 saturated carbocycles. The third-order valence-corrected chi connectivity index (χ3v) is 4.86. The Kier molecular flexibility index (Phi) is 5.98. The summed E-state index contributed by atoms with van der Waals surface area (Å²) < 4.78 is 18.8. The Labute approximate surface area is 172 Å². The van der Waals surface area contributed by atoms with Crippen LogP contribution >= 0.6 is 11.6 Å². The van der Waals surface area contributed by atoms with Gasteiger partial charge in [0.05, 0.1) is 24.4 Å². The fraction of sp³-hybridized carbons (Fsp3) is 0.368. The molecule has 29 heavy (non-hydrogen) atoms. The highest BCUT2D eigenvalue weighted by Gasteiger charge is 2.15. The Balaban J connectivity index is 1.52. The molecule has 1 aliphatic heterocycles. The lowest BCUT2D eigenvalue weighted by atomic mass is 10.3. The van der Waals surface area contributed by atoms with Gasteiger partial charge in [0, 0.05) is 31.4 Å². The minimum Gasteiger partial charge on any atom is -0.379 e. The molecule has 2 N–H and O–H groups in total. The van der Waals surface area contributed by atoms with E-state index in [-0.39, 0.29) is 11.1 Å². The zero-order valence-electron chi connectivity index (χ0n) is 15.9. The second-order valence-electron chi connectivity index (χ2n) is 6.86. The van der Waals surface area contributed by atoms with E-state index in [1.54, 1.807) is 12.3 Å². The number of hydrogen-bond acceptors (Lipinski definition) is 8. The third-order valence-electron chi connectivity index (χ3n) is 4.57. The lowest BCUT2D eigenvalue weighted by Gasteiger charge is -2.29. The average molecular weight is 418 g/mol. The summed E-state index contributed by atoms with van der Waals surface area (Å²) in [5.41, 5.74) is 1.76. The van der Waals surface area contributed by atoms with Crippen molar-refractivity contribution in [3.05, 3.63) is 41.6 Å². The van der Waals surface area contributed by atoms with E-state index in [0.29, 0.717) is 28.5 Å². The fourth-order valence-corrected chi connectivity index (χ4v) is 3.34. The zero-order chi connectivity index (χ0) is 20.2. The molecule has 1 atom stereocenters. The summed E-state index contributed by atoms with van der Waals surface area (Å²) >= 11 is 5.87. The van der Waals surface area contributed by atoms with Gasteiger partial charge in [-0.05, 0) is 25.1 Å². The number of nitrogens with zero attached hydrogens (tertiary/aromatic N) is 5. The summed E-state index contributed by atoms with van der Waals surface area (Å²) in [7, 11) is 0. The molecule has 0 spiro atoms. The predicted octanol–water partition coefficient (Wildman–Crippen LogP) is 3.09. The zero-order valence-corrected chi connectivity index (χ0v) is 16.7. The van der Waals surface area contributed by atoms with E-state index >= 15 is 0 Å². The first-order chi connectivity index (χ1) is 14.1. The molecule has 1 saturated heterocycles. The maximum absolute atomic E-state index is 13.4. The van der Waals surface area contributed by atoms with Crippen molar-refractivity contribution in [2.45, 2.75) is 13.0 Å². The van der Waals surface area contributed by atoms with Crippen LogP contribution in [0.4, 0.5) is 21.8 Å². The Morgan fingerprint density at radius 1 is 1.24 bits per heavy atom. The molecule has 0 amide bonds. The molecule has 3 heterocycles. The van der Waals surface area contributed by atoms with Gasteiger partial charge in [-0.3, -0.25) is 4.90 Å². The van der Waals surface area contributed by atoms with Crippen LogP contribution in [0.3, 0.4) is 0 Å². The Hall–Kier alpha value is -2.62. The van der Waals surface area contributed by atoms with Crippen molar-refractivity contribution in [2.75, 3.05) is 43.5 Å². The number of ether oxygens (including phenoxy) is 1. The highest BCUT2D eigenvalue weighted by molar-refractivity contribution is 6.31. The van der Waals surface area contributed by atoms with Gasteiger partial charge in [-0.15, -0.1) is 0 Å². The van der Waals surface area contributed by atoms with Crippen LogP contribution in [-0.2, 0) is 4.74 Å². The van der Waals surface area contributed by atoms with Crippen LogP contribution in [0, 0.1) is 5.82 Å². The van der Waals surface area contributed by atoms with E-state index in [1.165, 1.54) is 18.5 Å². The van der Waals surface area contributed by atoms with Crippen LogP contribution in [0.15, 0.2) is 30.7 Å². The lowest BCUT2D eigenvalue weighted by Crippen LogP contribution is -2.42. The van der Waals surface area contributed by atoms with Crippen LogP contribution in [-0.4, -0.2) is 63.7 Å². The molecule has 8 nitrogen and oxygen atoms in total. The first-order valence-electron chi connectivity index (χ1n) is 9.35. The van der Waals surface area contributed by atoms with Crippen molar-refractivity contribution in [2.24, 2.45) is 0 Å². The Bertz CT molecular complexity index is 999. The molecule has 152 valence electrons. The van der Waals surface area contributed by atoms with E-state index in [9.17, 15) is 4.39 Å². The number of aromatic nitrogens is 4. The summed E-state index contributed by atoms with van der Waals surface area (Å²) in [5.74, 6) is 0.505. The van der Waals surface area contributed by atoms with Crippen molar-refractivity contribution in [3.63, 3.8) is 0 Å². The highest BCUT2D eigenvalue weighted by atomic mass is 35.5. The number of rotatable bonds is 6. The van der Waals surface area contributed by atoms with Gasteiger partial charge in [-0.1, -0.05) is 11.6 Å². The second kappa shape index (κ2) is 8.81. The van der Waals surface area contributed by atoms with Crippen LogP contribution in [0.1, 0.15) is 6.92 Å². The molecule has 0 radical (unpaired) electrons. The van der Waals surface area contributed by atoms with Crippen LogP contribution < -0.4 is 10.6 Å². The smallest absolute Gasteiger partial charge is 0.223 e. The predicted molar refractivity (Wildman–Crippen MR) is 110 cm³/mol. The molecule has 10 heteroatoms. The normalized spacial score (nSPS) is 16.0. The molecule has 1 aliphatic rings. The SMILES string of the molecule is CC(CN1CCOCC1)Nc1ncc2ncnc(Nc3ccc(F)c(Cl)c3)c2n1. The van der Waals surface area contributed by atoms with E-state index in [0.717, 1.165) is 32.8 Å². The molecular formula is C19H21ClFN7O. The first-order valence-corrected chi connectivity index (χ1v) is 9.73. The minimum absolute atomic E-state index is 0.0299. The van der Waals surface area contributed by atoms with E-state index in [2.05, 4.69) is 42.4 Å². The maximum atomic E-state index is 13.4. The van der Waals surface area contributed by atoms with Crippen LogP contribution in [0.5, 0.6) is 0 Å². The molecule has 0 bridgehead atoms. The van der Waals surface area contributed by atoms with Gasteiger partial charge in [0.1, 0.15) is 23.2 Å². The summed E-state index contributed by atoms with van der Waals surface area (Å²) in [5, 5.41) is 6.48. The van der Waals surface area contributed by atoms with Crippen molar-refractivity contribution in [3.8, 4) is 0 Å². The third kappa shape index (κ3) is 4.87. The van der Waals surface area contributed by atoms with Crippen LogP contribution in [0.2, 0.25) is 5.02 Å². The number of hydrogen-bond donors (Lipinski definition) is 2. The van der Waals surface area contributed by atoms with Gasteiger partial charge in [0.25, 0.3) is 0 Å². The first kappa shape index (κ1) is 19.7. The average Bonchev–Trinajstić information content (AvgIpc) is 2.72. The topological polar surface area (TPSA) is 88.1 Å². The minimum atomic E-state index is -0.479. The largest absolute Gasteiger partial charge is 0.379 e. The lowest BCUT2D eigenvalue weighted by molar-refractivity contribution is 0.0368. The molecule has 1 fully saturated rings. The molecule has 0 aliphatic carbocycles. The van der Waals surface area contributed by atoms with Crippen molar-refractivity contribution < 1.29 is 9.13 Å². The highest BCUT2D eigenvalue weighted by Crippen LogP contribution is 2.25. The molecule has 4 rings (SSSR count). The number of anilines is 3. The number of morpholine rings is 1. The quantitative estimate of drug-likeness (QED) is 0.632. The summed E-state index contributed by atoms with van der Waals surface area (Å²) in [6.07, 6.45) is 3.07. The van der Waals surface area contributed by atoms with Crippen molar-refractivity contribution in [1.82, 2.24) is 24.8 Å². The Morgan fingerprint density at radius 3 is 2.86 bits per heavy atom. The van der Waals surface area contributed by atoms with Gasteiger partial charge < -0.3 is 15.4 Å². The molecule has 3 aromatic rings. The summed E-state index contributed by atoms with van der Waals surface area (Å²) in [4.78, 5) is 19.8. The fourth-order valence-electron chi connectivity index (χ4n) is 3.16. The summed E-state index contributed by atoms with van der Waals surface area (Å²) in [6.45, 7) is 6.33. The van der Waals surface area contributed by atoms with Gasteiger partial charge in [0.15, 0.2) is 5.82 Å². The molecule has 2 aromatic heterocycles. The van der Waals surface area contributed by atoms with E-state index < -0.39 is 5.82 Å². The van der Waals surface area contributed by atoms with Crippen LogP contribution in [0.25, 0.3) is 11.0 Å². The molecule has 1 unspecified atom stereocenters. The van der Waals surface area contributed by atoms with Crippen molar-refractivity contribution in [1.29, 1.82) is 0 Å². The van der Waals surface area contributed by atoms with Gasteiger partial charge in [0.2, 0.25) is 5.95 Å². The number of nitrogens with one attached hydrogen (secondary N) is 2. The number of benzene rings is 1. The molecule has 1 aromatic carbocycles. The second-order valence-corrected chi connectivity index (χ2v) is 7.27. The van der Waals surface area contributed by atoms with Gasteiger partial charge in [-0.25, -0.2) is 24.3 Å².